The van der Waals surface area contributed by atoms with Gasteiger partial charge >= 0.3 is 11.9 Å². The highest BCUT2D eigenvalue weighted by Gasteiger charge is 2.44. The van der Waals surface area contributed by atoms with Gasteiger partial charge < -0.3 is 31.7 Å². The maximum atomic E-state index is 12.1. The Morgan fingerprint density at radius 2 is 1.56 bits per heavy atom. The number of hydrogen-bond donors (Lipinski definition) is 1. The molecule has 0 aromatic heterocycles. The van der Waals surface area contributed by atoms with Gasteiger partial charge in [-0.1, -0.05) is 93.8 Å². The van der Waals surface area contributed by atoms with E-state index in [1.807, 2.05) is 0 Å². The fourth-order valence-electron chi connectivity index (χ4n) is 8.17. The lowest BCUT2D eigenvalue weighted by Gasteiger charge is -2.27. The van der Waals surface area contributed by atoms with Crippen molar-refractivity contribution in [3.63, 3.8) is 0 Å². The number of esters is 1. The number of nitrogens with zero attached hydrogens (tertiary/aromatic N) is 2. The predicted molar refractivity (Wildman–Crippen MR) is 219 cm³/mol. The lowest BCUT2D eigenvalue weighted by molar-refractivity contribution is -0.438. The van der Waals surface area contributed by atoms with Crippen LogP contribution in [-0.4, -0.2) is 47.0 Å². The van der Waals surface area contributed by atoms with Crippen molar-refractivity contribution >= 4 is 40.6 Å². The molecule has 2 heterocycles. The lowest BCUT2D eigenvalue weighted by Crippen LogP contribution is -3.00. The number of carboxylic acids is 1. The van der Waals surface area contributed by atoms with E-state index < -0.39 is 5.97 Å². The van der Waals surface area contributed by atoms with Crippen LogP contribution in [0.25, 0.3) is 0 Å². The first kappa shape index (κ1) is 43.3. The van der Waals surface area contributed by atoms with Crippen LogP contribution >= 0.6 is 11.6 Å². The van der Waals surface area contributed by atoms with Crippen molar-refractivity contribution in [2.75, 3.05) is 24.6 Å². The molecule has 0 atom stereocenters. The van der Waals surface area contributed by atoms with Gasteiger partial charge in [-0.05, 0) is 94.1 Å². The van der Waals surface area contributed by atoms with E-state index >= 15 is 0 Å². The van der Waals surface area contributed by atoms with Crippen molar-refractivity contribution in [1.29, 1.82) is 0 Å². The lowest BCUT2D eigenvalue weighted by atomic mass is 9.81. The van der Waals surface area contributed by atoms with Gasteiger partial charge in [0.1, 0.15) is 6.54 Å². The molecule has 5 rings (SSSR count). The molecule has 8 heteroatoms. The minimum Gasteiger partial charge on any atom is -1.00 e. The molecule has 0 radical (unpaired) electrons. The number of hydrogen-bond acceptors (Lipinski definition) is 4. The molecule has 1 aliphatic carbocycles. The van der Waals surface area contributed by atoms with Crippen molar-refractivity contribution in [2.24, 2.45) is 0 Å². The molecule has 0 amide bonds. The second kappa shape index (κ2) is 20.0. The standard InChI is InChI=1S/C46H59ClN2O4.BrH/c1-6-7-33-53-43(52)26-11-9-17-32-49-39-24-15-13-22-37(39)46(4,5)41(49)30-28-35-20-18-19-34(44(35)47)27-29-40-45(2,3)36-21-12-14-23-38(36)48(40)31-16-8-10-25-42(50)51;/h12-15,21-24,27-30H,6-11,16-20,25-26,31-33H2,1-5H3;1H. The average Bonchev–Trinajstić information content (AvgIpc) is 3.48. The molecule has 2 aromatic rings. The number of carbonyl (C=O) groups excluding carboxylic acids is 1. The minimum atomic E-state index is -0.727. The third-order valence-corrected chi connectivity index (χ3v) is 11.7. The fourth-order valence-corrected chi connectivity index (χ4v) is 8.49. The monoisotopic (exact) mass is 818 g/mol. The van der Waals surface area contributed by atoms with E-state index in [4.69, 9.17) is 21.4 Å². The average molecular weight is 820 g/mol. The summed E-state index contributed by atoms with van der Waals surface area (Å²) in [4.78, 5) is 25.6. The Morgan fingerprint density at radius 1 is 0.852 bits per heavy atom. The van der Waals surface area contributed by atoms with Crippen molar-refractivity contribution in [2.45, 2.75) is 129 Å². The Hall–Kier alpha value is -3.42. The normalized spacial score (nSPS) is 18.7. The molecule has 292 valence electrons. The van der Waals surface area contributed by atoms with Crippen LogP contribution in [0.4, 0.5) is 11.4 Å². The number of carboxylic acid groups (broad SMARTS) is 1. The predicted octanol–water partition coefficient (Wildman–Crippen LogP) is 8.46. The highest BCUT2D eigenvalue weighted by atomic mass is 79.9. The van der Waals surface area contributed by atoms with Gasteiger partial charge in [-0.3, -0.25) is 9.59 Å². The maximum Gasteiger partial charge on any atom is 0.305 e. The van der Waals surface area contributed by atoms with Crippen LogP contribution in [0.1, 0.15) is 129 Å². The summed E-state index contributed by atoms with van der Waals surface area (Å²) in [6.07, 6.45) is 20.0. The van der Waals surface area contributed by atoms with Crippen LogP contribution in [0.5, 0.6) is 0 Å². The van der Waals surface area contributed by atoms with Gasteiger partial charge in [0.15, 0.2) is 5.71 Å². The summed E-state index contributed by atoms with van der Waals surface area (Å²) < 4.78 is 7.78. The van der Waals surface area contributed by atoms with Gasteiger partial charge in [0, 0.05) is 65.3 Å². The zero-order valence-corrected chi connectivity index (χ0v) is 35.4. The fraction of sp³-hybridized carbons (Fsp3) is 0.500. The van der Waals surface area contributed by atoms with Gasteiger partial charge in [-0.25, -0.2) is 0 Å². The molecule has 0 saturated heterocycles. The molecule has 0 bridgehead atoms. The van der Waals surface area contributed by atoms with E-state index in [1.165, 1.54) is 45.1 Å². The molecule has 0 fully saturated rings. The summed E-state index contributed by atoms with van der Waals surface area (Å²) in [6, 6.07) is 17.4. The zero-order valence-electron chi connectivity index (χ0n) is 33.1. The van der Waals surface area contributed by atoms with E-state index in [-0.39, 0.29) is 40.2 Å². The second-order valence-corrected chi connectivity index (χ2v) is 16.2. The van der Waals surface area contributed by atoms with Crippen LogP contribution in [-0.2, 0) is 25.2 Å². The highest BCUT2D eigenvalue weighted by molar-refractivity contribution is 6.32. The van der Waals surface area contributed by atoms with Gasteiger partial charge in [0.05, 0.1) is 12.0 Å². The van der Waals surface area contributed by atoms with Gasteiger partial charge in [0.2, 0.25) is 5.69 Å². The van der Waals surface area contributed by atoms with Crippen molar-refractivity contribution in [1.82, 2.24) is 0 Å². The summed E-state index contributed by atoms with van der Waals surface area (Å²) >= 11 is 7.25. The Labute approximate surface area is 339 Å². The number of anilines is 1. The van der Waals surface area contributed by atoms with Crippen molar-refractivity contribution < 1.29 is 41.0 Å². The smallest absolute Gasteiger partial charge is 0.305 e. The zero-order chi connectivity index (χ0) is 38.0. The minimum absolute atomic E-state index is 0. The molecule has 2 aliphatic heterocycles. The molecule has 6 nitrogen and oxygen atoms in total. The first-order valence-corrected chi connectivity index (χ1v) is 20.3. The van der Waals surface area contributed by atoms with Crippen LogP contribution < -0.4 is 21.9 Å². The SMILES string of the molecule is CCCCOC(=O)CCCCCN1/C(=C/C=C2\CCCC(/C=C/C3=[N+](CCCCCC(=O)O)c4ccccc4C3(C)C)=C2Cl)C(C)(C)c2ccccc21.[Br-]. The molecule has 3 aliphatic rings. The van der Waals surface area contributed by atoms with E-state index in [9.17, 15) is 9.59 Å². The molecule has 0 spiro atoms. The summed E-state index contributed by atoms with van der Waals surface area (Å²) in [7, 11) is 0. The summed E-state index contributed by atoms with van der Waals surface area (Å²) in [5, 5.41) is 9.94. The van der Waals surface area contributed by atoms with Crippen molar-refractivity contribution in [3.8, 4) is 0 Å². The van der Waals surface area contributed by atoms with Gasteiger partial charge in [-0.2, -0.15) is 4.58 Å². The number of rotatable bonds is 18. The number of fused-ring (bicyclic) bond motifs is 2. The third-order valence-electron chi connectivity index (χ3n) is 11.2. The van der Waals surface area contributed by atoms with Gasteiger partial charge in [-0.15, -0.1) is 0 Å². The van der Waals surface area contributed by atoms with E-state index in [1.54, 1.807) is 0 Å². The first-order chi connectivity index (χ1) is 25.5. The van der Waals surface area contributed by atoms with Crippen LogP contribution in [0.2, 0.25) is 0 Å². The molecule has 2 aromatic carbocycles. The topological polar surface area (TPSA) is 69.8 Å². The second-order valence-electron chi connectivity index (χ2n) is 15.8. The number of unbranched alkanes of at least 4 members (excludes halogenated alkanes) is 5. The maximum absolute atomic E-state index is 12.1. The van der Waals surface area contributed by atoms with E-state index in [0.29, 0.717) is 19.4 Å². The number of para-hydroxylation sites is 2. The number of ether oxygens (including phenoxy) is 1. The van der Waals surface area contributed by atoms with E-state index in [0.717, 1.165) is 82.3 Å². The number of benzene rings is 2. The van der Waals surface area contributed by atoms with Gasteiger partial charge in [0.25, 0.3) is 0 Å². The van der Waals surface area contributed by atoms with Crippen molar-refractivity contribution in [3.05, 3.63) is 106 Å². The van der Waals surface area contributed by atoms with Crippen LogP contribution in [0.3, 0.4) is 0 Å². The van der Waals surface area contributed by atoms with Crippen LogP contribution in [0, 0.1) is 0 Å². The number of allylic oxidation sites excluding steroid dienone is 8. The molecular weight excluding hydrogens is 760 g/mol. The van der Waals surface area contributed by atoms with Crippen LogP contribution in [0.15, 0.2) is 94.7 Å². The number of carbonyl (C=O) groups is 2. The Morgan fingerprint density at radius 3 is 2.31 bits per heavy atom. The molecule has 0 unspecified atom stereocenters. The highest BCUT2D eigenvalue weighted by Crippen LogP contribution is 2.48. The Balaban J connectivity index is 0.00000650. The summed E-state index contributed by atoms with van der Waals surface area (Å²) in [5.74, 6) is -0.808. The quantitative estimate of drug-likeness (QED) is 0.0930. The molecular formula is C46H60BrClN2O4. The third kappa shape index (κ3) is 10.3. The Bertz CT molecular complexity index is 1800. The number of aliphatic carboxylic acids is 1. The molecule has 54 heavy (non-hydrogen) atoms. The largest absolute Gasteiger partial charge is 1.00 e. The summed E-state index contributed by atoms with van der Waals surface area (Å²) in [5.41, 5.74) is 9.70. The summed E-state index contributed by atoms with van der Waals surface area (Å²) in [6.45, 7) is 13.6. The number of halogens is 2. The first-order valence-electron chi connectivity index (χ1n) is 19.9. The Kier molecular flexibility index (Phi) is 16.0. The van der Waals surface area contributed by atoms with E-state index in [2.05, 4.69) is 117 Å². The molecule has 0 saturated carbocycles. The molecule has 1 N–H and O–H groups in total.